The van der Waals surface area contributed by atoms with Gasteiger partial charge in [0.15, 0.2) is 5.60 Å². The number of aliphatic hydroxyl groups is 1. The molecule has 0 aliphatic carbocycles. The highest BCUT2D eigenvalue weighted by Gasteiger charge is 2.44. The van der Waals surface area contributed by atoms with Crippen LogP contribution in [0.4, 0.5) is 4.39 Å². The Morgan fingerprint density at radius 3 is 2.83 bits per heavy atom. The van der Waals surface area contributed by atoms with Crippen LogP contribution in [0.3, 0.4) is 0 Å². The van der Waals surface area contributed by atoms with E-state index >= 15 is 0 Å². The number of carbonyl (C=O) groups excluding carboxylic acids is 2. The molecule has 1 N–H and O–H groups in total. The molecule has 1 aliphatic rings. The van der Waals surface area contributed by atoms with Crippen molar-refractivity contribution in [3.05, 3.63) is 40.2 Å². The van der Waals surface area contributed by atoms with E-state index in [1.807, 2.05) is 0 Å². The third-order valence-electron chi connectivity index (χ3n) is 3.61. The number of aliphatic hydroxyl groups excluding tert-OH is 1. The van der Waals surface area contributed by atoms with E-state index in [0.717, 1.165) is 0 Å². The number of esters is 2. The summed E-state index contributed by atoms with van der Waals surface area (Å²) in [4.78, 5) is 23.6. The van der Waals surface area contributed by atoms with Gasteiger partial charge in [-0.1, -0.05) is 31.5 Å². The molecule has 7 heteroatoms. The van der Waals surface area contributed by atoms with Crippen LogP contribution in [-0.2, 0) is 19.1 Å². The Balaban J connectivity index is 2.16. The van der Waals surface area contributed by atoms with E-state index in [0.29, 0.717) is 5.56 Å². The van der Waals surface area contributed by atoms with Gasteiger partial charge in [-0.05, 0) is 23.8 Å². The van der Waals surface area contributed by atoms with Crippen LogP contribution in [0.5, 0.6) is 0 Å². The average Bonchev–Trinajstić information content (AvgIpc) is 2.85. The summed E-state index contributed by atoms with van der Waals surface area (Å²) >= 11 is 5.62. The van der Waals surface area contributed by atoms with Gasteiger partial charge >= 0.3 is 11.9 Å². The molecule has 0 amide bonds. The molecule has 24 heavy (non-hydrogen) atoms. The fourth-order valence-corrected chi connectivity index (χ4v) is 2.33. The molecule has 0 aromatic heterocycles. The van der Waals surface area contributed by atoms with E-state index in [1.165, 1.54) is 18.2 Å². The van der Waals surface area contributed by atoms with Gasteiger partial charge in [-0.2, -0.15) is 0 Å². The number of hydrogen-bond donors (Lipinski definition) is 1. The molecular formula is C17H18ClFO5. The second kappa shape index (κ2) is 7.32. The van der Waals surface area contributed by atoms with Crippen LogP contribution in [0, 0.1) is 11.7 Å². The molecule has 1 atom stereocenters. The maximum Gasteiger partial charge on any atom is 0.334 e. The van der Waals surface area contributed by atoms with E-state index in [9.17, 15) is 19.1 Å². The predicted molar refractivity (Wildman–Crippen MR) is 85.7 cm³/mol. The Morgan fingerprint density at radius 1 is 1.54 bits per heavy atom. The van der Waals surface area contributed by atoms with Crippen molar-refractivity contribution in [3.8, 4) is 0 Å². The van der Waals surface area contributed by atoms with Crippen molar-refractivity contribution in [2.75, 3.05) is 13.2 Å². The summed E-state index contributed by atoms with van der Waals surface area (Å²) in [5.74, 6) is -2.02. The van der Waals surface area contributed by atoms with Crippen molar-refractivity contribution in [3.63, 3.8) is 0 Å². The van der Waals surface area contributed by atoms with Gasteiger partial charge in [-0.25, -0.2) is 9.18 Å². The van der Waals surface area contributed by atoms with Crippen molar-refractivity contribution < 1.29 is 28.6 Å². The lowest BCUT2D eigenvalue weighted by molar-refractivity contribution is -0.168. The van der Waals surface area contributed by atoms with Crippen LogP contribution in [0.1, 0.15) is 25.8 Å². The summed E-state index contributed by atoms with van der Waals surface area (Å²) in [5, 5.41) is 9.56. The maximum atomic E-state index is 13.5. The standard InChI is InChI=1S/C17H18ClFO5/c1-10(2)15(21)23-9-17(8-20)7-12(16(22)24-17)5-11-3-4-13(18)14(19)6-11/h3-6,10,20H,7-9H2,1-2H3/b12-5+. The average molecular weight is 357 g/mol. The molecule has 1 aromatic carbocycles. The second-order valence-electron chi connectivity index (χ2n) is 6.01. The molecule has 1 aromatic rings. The minimum absolute atomic E-state index is 0.0172. The molecule has 5 nitrogen and oxygen atoms in total. The van der Waals surface area contributed by atoms with Crippen molar-refractivity contribution in [1.29, 1.82) is 0 Å². The van der Waals surface area contributed by atoms with E-state index < -0.39 is 30.0 Å². The van der Waals surface area contributed by atoms with Gasteiger partial charge < -0.3 is 14.6 Å². The van der Waals surface area contributed by atoms with Gasteiger partial charge in [0, 0.05) is 12.0 Å². The highest BCUT2D eigenvalue weighted by molar-refractivity contribution is 6.30. The normalized spacial score (nSPS) is 22.1. The van der Waals surface area contributed by atoms with Crippen LogP contribution in [-0.4, -0.2) is 35.9 Å². The Hall–Kier alpha value is -1.92. The molecule has 1 aliphatic heterocycles. The molecule has 0 saturated carbocycles. The van der Waals surface area contributed by atoms with E-state index in [2.05, 4.69) is 0 Å². The fourth-order valence-electron chi connectivity index (χ4n) is 2.21. The highest BCUT2D eigenvalue weighted by Crippen LogP contribution is 2.32. The quantitative estimate of drug-likeness (QED) is 0.648. The van der Waals surface area contributed by atoms with Gasteiger partial charge in [-0.3, -0.25) is 4.79 Å². The van der Waals surface area contributed by atoms with Crippen LogP contribution in [0.25, 0.3) is 6.08 Å². The molecule has 1 unspecified atom stereocenters. The van der Waals surface area contributed by atoms with Crippen molar-refractivity contribution in [2.24, 2.45) is 5.92 Å². The lowest BCUT2D eigenvalue weighted by atomic mass is 9.98. The summed E-state index contributed by atoms with van der Waals surface area (Å²) in [6.45, 7) is 2.62. The summed E-state index contributed by atoms with van der Waals surface area (Å²) in [6.07, 6.45) is 1.52. The number of rotatable bonds is 5. The molecule has 2 rings (SSSR count). The Kier molecular flexibility index (Phi) is 5.62. The SMILES string of the molecule is CC(C)C(=O)OCC1(CO)C/C(=C\c2ccc(Cl)c(F)c2)C(=O)O1. The van der Waals surface area contributed by atoms with Crippen molar-refractivity contribution in [2.45, 2.75) is 25.9 Å². The van der Waals surface area contributed by atoms with E-state index in [4.69, 9.17) is 21.1 Å². The first kappa shape index (κ1) is 18.4. The fraction of sp³-hybridized carbons (Fsp3) is 0.412. The van der Waals surface area contributed by atoms with Gasteiger partial charge in [0.25, 0.3) is 0 Å². The third-order valence-corrected chi connectivity index (χ3v) is 3.91. The number of cyclic esters (lactones) is 1. The number of benzene rings is 1. The second-order valence-corrected chi connectivity index (χ2v) is 6.42. The molecule has 0 spiro atoms. The van der Waals surface area contributed by atoms with Crippen LogP contribution in [0.2, 0.25) is 5.02 Å². The molecule has 0 bridgehead atoms. The number of carbonyl (C=O) groups is 2. The van der Waals surface area contributed by atoms with Gasteiger partial charge in [0.2, 0.25) is 0 Å². The third kappa shape index (κ3) is 4.13. The predicted octanol–water partition coefficient (Wildman–Crippen LogP) is 2.74. The zero-order valence-corrected chi connectivity index (χ0v) is 14.1. The highest BCUT2D eigenvalue weighted by atomic mass is 35.5. The van der Waals surface area contributed by atoms with Crippen molar-refractivity contribution >= 4 is 29.6 Å². The zero-order chi connectivity index (χ0) is 17.9. The van der Waals surface area contributed by atoms with Gasteiger partial charge in [-0.15, -0.1) is 0 Å². The molecule has 1 saturated heterocycles. The molecule has 130 valence electrons. The zero-order valence-electron chi connectivity index (χ0n) is 13.3. The van der Waals surface area contributed by atoms with Crippen LogP contribution in [0.15, 0.2) is 23.8 Å². The first-order valence-electron chi connectivity index (χ1n) is 7.43. The van der Waals surface area contributed by atoms with Crippen LogP contribution >= 0.6 is 11.6 Å². The lowest BCUT2D eigenvalue weighted by Crippen LogP contribution is -2.39. The minimum atomic E-state index is -1.31. The first-order valence-corrected chi connectivity index (χ1v) is 7.80. The van der Waals surface area contributed by atoms with E-state index in [1.54, 1.807) is 19.9 Å². The van der Waals surface area contributed by atoms with Crippen molar-refractivity contribution in [1.82, 2.24) is 0 Å². The number of hydrogen-bond acceptors (Lipinski definition) is 5. The maximum absolute atomic E-state index is 13.5. The van der Waals surface area contributed by atoms with Gasteiger partial charge in [0.1, 0.15) is 12.4 Å². The summed E-state index contributed by atoms with van der Waals surface area (Å²) in [5.41, 5.74) is -0.610. The summed E-state index contributed by atoms with van der Waals surface area (Å²) in [7, 11) is 0. The summed E-state index contributed by atoms with van der Waals surface area (Å²) < 4.78 is 23.8. The molecule has 0 radical (unpaired) electrons. The monoisotopic (exact) mass is 356 g/mol. The number of ether oxygens (including phenoxy) is 2. The molecule has 1 fully saturated rings. The summed E-state index contributed by atoms with van der Waals surface area (Å²) in [6, 6.07) is 4.14. The minimum Gasteiger partial charge on any atom is -0.461 e. The Bertz CT molecular complexity index is 686. The topological polar surface area (TPSA) is 72.8 Å². The molecule has 1 heterocycles. The van der Waals surface area contributed by atoms with E-state index in [-0.39, 0.29) is 29.5 Å². The van der Waals surface area contributed by atoms with Crippen LogP contribution < -0.4 is 0 Å². The smallest absolute Gasteiger partial charge is 0.334 e. The lowest BCUT2D eigenvalue weighted by Gasteiger charge is -2.24. The Labute approximate surface area is 144 Å². The largest absolute Gasteiger partial charge is 0.461 e. The van der Waals surface area contributed by atoms with Gasteiger partial charge in [0.05, 0.1) is 17.5 Å². The number of halogens is 2. The Morgan fingerprint density at radius 2 is 2.25 bits per heavy atom. The molecular weight excluding hydrogens is 339 g/mol. The first-order chi connectivity index (χ1) is 11.3.